The van der Waals surface area contributed by atoms with Crippen molar-refractivity contribution in [1.29, 1.82) is 0 Å². The third-order valence-electron chi connectivity index (χ3n) is 4.08. The van der Waals surface area contributed by atoms with Gasteiger partial charge in [-0.25, -0.2) is 0 Å². The van der Waals surface area contributed by atoms with E-state index < -0.39 is 0 Å². The van der Waals surface area contributed by atoms with Crippen LogP contribution < -0.4 is 5.32 Å². The van der Waals surface area contributed by atoms with E-state index in [0.29, 0.717) is 6.04 Å². The molecule has 1 N–H and O–H groups in total. The summed E-state index contributed by atoms with van der Waals surface area (Å²) in [6.45, 7) is 14.1. The molecule has 0 aromatic carbocycles. The largest absolute Gasteiger partial charge is 0.311 e. The van der Waals surface area contributed by atoms with Crippen LogP contribution in [-0.2, 0) is 0 Å². The van der Waals surface area contributed by atoms with Crippen molar-refractivity contribution in [2.45, 2.75) is 78.4 Å². The van der Waals surface area contributed by atoms with Crippen LogP contribution in [0.4, 0.5) is 0 Å². The molecular weight excluding hydrogens is 208 g/mol. The molecule has 102 valence electrons. The summed E-state index contributed by atoms with van der Waals surface area (Å²) in [5.74, 6) is 0.800. The Morgan fingerprint density at radius 2 is 1.94 bits per heavy atom. The minimum absolute atomic E-state index is 0.706. The van der Waals surface area contributed by atoms with Gasteiger partial charge in [0.2, 0.25) is 0 Å². The van der Waals surface area contributed by atoms with Gasteiger partial charge in [-0.05, 0) is 32.1 Å². The molecule has 1 rings (SSSR count). The van der Waals surface area contributed by atoms with E-state index in [1.165, 1.54) is 38.8 Å². The van der Waals surface area contributed by atoms with Crippen LogP contribution in [0.1, 0.15) is 60.3 Å². The zero-order valence-electron chi connectivity index (χ0n) is 12.5. The highest BCUT2D eigenvalue weighted by Crippen LogP contribution is 2.20. The first-order valence-electron chi connectivity index (χ1n) is 7.57. The predicted molar refractivity (Wildman–Crippen MR) is 76.4 cm³/mol. The second-order valence-corrected chi connectivity index (χ2v) is 6.13. The molecule has 0 radical (unpaired) electrons. The van der Waals surface area contributed by atoms with Gasteiger partial charge in [-0.15, -0.1) is 0 Å². The first kappa shape index (κ1) is 15.0. The summed E-state index contributed by atoms with van der Waals surface area (Å²) in [6, 6.07) is 2.21. The molecule has 0 aromatic rings. The lowest BCUT2D eigenvalue weighted by molar-refractivity contribution is 0.0757. The lowest BCUT2D eigenvalue weighted by Crippen LogP contribution is -2.59. The molecule has 17 heavy (non-hydrogen) atoms. The summed E-state index contributed by atoms with van der Waals surface area (Å²) < 4.78 is 0. The molecule has 1 aliphatic heterocycles. The third-order valence-corrected chi connectivity index (χ3v) is 4.08. The summed E-state index contributed by atoms with van der Waals surface area (Å²) in [6.07, 6.45) is 5.22. The van der Waals surface area contributed by atoms with Crippen LogP contribution in [-0.4, -0.2) is 36.1 Å². The second kappa shape index (κ2) is 7.38. The van der Waals surface area contributed by atoms with E-state index >= 15 is 0 Å². The van der Waals surface area contributed by atoms with Crippen LogP contribution >= 0.6 is 0 Å². The molecular formula is C15H32N2. The number of hydrogen-bond donors (Lipinski definition) is 1. The Morgan fingerprint density at radius 3 is 2.47 bits per heavy atom. The van der Waals surface area contributed by atoms with Crippen molar-refractivity contribution >= 4 is 0 Å². The molecule has 0 saturated carbocycles. The predicted octanol–water partition coefficient (Wildman–Crippen LogP) is 3.27. The van der Waals surface area contributed by atoms with E-state index in [1.54, 1.807) is 0 Å². The van der Waals surface area contributed by atoms with Gasteiger partial charge in [0.05, 0.1) is 0 Å². The highest BCUT2D eigenvalue weighted by Gasteiger charge is 2.29. The smallest absolute Gasteiger partial charge is 0.0224 e. The molecule has 2 nitrogen and oxygen atoms in total. The lowest BCUT2D eigenvalue weighted by Gasteiger charge is -2.44. The summed E-state index contributed by atoms with van der Waals surface area (Å²) >= 11 is 0. The number of nitrogens with one attached hydrogen (secondary N) is 1. The maximum absolute atomic E-state index is 3.75. The van der Waals surface area contributed by atoms with Crippen molar-refractivity contribution in [2.24, 2.45) is 5.92 Å². The first-order valence-corrected chi connectivity index (χ1v) is 7.57. The lowest BCUT2D eigenvalue weighted by atomic mass is 9.96. The normalized spacial score (nSPS) is 28.6. The van der Waals surface area contributed by atoms with Gasteiger partial charge >= 0.3 is 0 Å². The Bertz CT molecular complexity index is 203. The van der Waals surface area contributed by atoms with Gasteiger partial charge in [-0.3, -0.25) is 4.90 Å². The van der Waals surface area contributed by atoms with E-state index in [-0.39, 0.29) is 0 Å². The molecule has 3 atom stereocenters. The molecule has 2 heteroatoms. The zero-order valence-corrected chi connectivity index (χ0v) is 12.5. The molecule has 0 spiro atoms. The Kier molecular flexibility index (Phi) is 6.50. The number of hydrogen-bond acceptors (Lipinski definition) is 2. The topological polar surface area (TPSA) is 15.3 Å². The number of rotatable bonds is 6. The van der Waals surface area contributed by atoms with Crippen molar-refractivity contribution in [3.05, 3.63) is 0 Å². The monoisotopic (exact) mass is 240 g/mol. The molecule has 0 aromatic heterocycles. The van der Waals surface area contributed by atoms with Crippen molar-refractivity contribution in [3.8, 4) is 0 Å². The molecule has 1 fully saturated rings. The van der Waals surface area contributed by atoms with Crippen molar-refractivity contribution in [3.63, 3.8) is 0 Å². The second-order valence-electron chi connectivity index (χ2n) is 6.13. The van der Waals surface area contributed by atoms with Crippen molar-refractivity contribution in [2.75, 3.05) is 13.1 Å². The maximum Gasteiger partial charge on any atom is 0.0224 e. The highest BCUT2D eigenvalue weighted by atomic mass is 15.2. The van der Waals surface area contributed by atoms with Gasteiger partial charge in [0.25, 0.3) is 0 Å². The van der Waals surface area contributed by atoms with Gasteiger partial charge in [-0.2, -0.15) is 0 Å². The maximum atomic E-state index is 3.75. The molecule has 1 heterocycles. The third kappa shape index (κ3) is 4.59. The van der Waals surface area contributed by atoms with Gasteiger partial charge in [0.15, 0.2) is 0 Å². The summed E-state index contributed by atoms with van der Waals surface area (Å²) in [4.78, 5) is 2.76. The fourth-order valence-corrected chi connectivity index (χ4v) is 2.99. The molecule has 3 unspecified atom stereocenters. The van der Waals surface area contributed by atoms with E-state index in [9.17, 15) is 0 Å². The first-order chi connectivity index (χ1) is 8.08. The Morgan fingerprint density at radius 1 is 1.24 bits per heavy atom. The van der Waals surface area contributed by atoms with Gasteiger partial charge < -0.3 is 5.32 Å². The summed E-state index contributed by atoms with van der Waals surface area (Å²) in [5, 5.41) is 3.75. The number of piperazine rings is 1. The molecule has 1 saturated heterocycles. The van der Waals surface area contributed by atoms with Gasteiger partial charge in [0.1, 0.15) is 0 Å². The summed E-state index contributed by atoms with van der Waals surface area (Å²) in [7, 11) is 0. The van der Waals surface area contributed by atoms with E-state index in [0.717, 1.165) is 18.0 Å². The highest BCUT2D eigenvalue weighted by molar-refractivity contribution is 4.88. The van der Waals surface area contributed by atoms with E-state index in [2.05, 4.69) is 44.8 Å². The molecule has 0 amide bonds. The Balaban J connectivity index is 2.56. The average Bonchev–Trinajstić information content (AvgIpc) is 2.29. The fraction of sp³-hybridized carbons (Fsp3) is 1.00. The summed E-state index contributed by atoms with van der Waals surface area (Å²) in [5.41, 5.74) is 0. The van der Waals surface area contributed by atoms with Gasteiger partial charge in [-0.1, -0.05) is 34.1 Å². The zero-order chi connectivity index (χ0) is 12.8. The molecule has 1 aliphatic rings. The van der Waals surface area contributed by atoms with Crippen LogP contribution in [0.2, 0.25) is 0 Å². The average molecular weight is 240 g/mol. The van der Waals surface area contributed by atoms with Crippen LogP contribution in [0.15, 0.2) is 0 Å². The fourth-order valence-electron chi connectivity index (χ4n) is 2.99. The minimum atomic E-state index is 0.706. The quantitative estimate of drug-likeness (QED) is 0.766. The van der Waals surface area contributed by atoms with E-state index in [1.807, 2.05) is 0 Å². The van der Waals surface area contributed by atoms with Crippen LogP contribution in [0.3, 0.4) is 0 Å². The molecule has 0 bridgehead atoms. The Hall–Kier alpha value is -0.0800. The molecule has 0 aliphatic carbocycles. The number of nitrogens with zero attached hydrogens (tertiary/aromatic N) is 1. The van der Waals surface area contributed by atoms with Crippen LogP contribution in [0, 0.1) is 5.92 Å². The van der Waals surface area contributed by atoms with Gasteiger partial charge in [0, 0.05) is 31.2 Å². The standard InChI is InChI=1S/C15H32N2/c1-6-8-15-10-16-14(9-12(3)4)11-17(15)13(5)7-2/h12-16H,6-11H2,1-5H3. The van der Waals surface area contributed by atoms with E-state index in [4.69, 9.17) is 0 Å². The Labute approximate surface area is 108 Å². The van der Waals surface area contributed by atoms with Crippen LogP contribution in [0.5, 0.6) is 0 Å². The SMILES string of the molecule is CCCC1CNC(CC(C)C)CN1C(C)CC. The minimum Gasteiger partial charge on any atom is -0.311 e. The van der Waals surface area contributed by atoms with Crippen LogP contribution in [0.25, 0.3) is 0 Å². The van der Waals surface area contributed by atoms with Crippen molar-refractivity contribution in [1.82, 2.24) is 10.2 Å². The van der Waals surface area contributed by atoms with Crippen molar-refractivity contribution < 1.29 is 0 Å².